The molecule has 0 bridgehead atoms. The van der Waals surface area contributed by atoms with Crippen molar-refractivity contribution in [2.45, 2.75) is 32.5 Å². The third-order valence-electron chi connectivity index (χ3n) is 5.36. The minimum absolute atomic E-state index is 0.280. The Morgan fingerprint density at radius 2 is 1.79 bits per heavy atom. The van der Waals surface area contributed by atoms with Gasteiger partial charge in [-0.3, -0.25) is 4.90 Å². The van der Waals surface area contributed by atoms with Gasteiger partial charge in [0.1, 0.15) is 5.69 Å². The van der Waals surface area contributed by atoms with E-state index < -0.39 is 6.10 Å². The standard InChI is InChI=1S/C27H35N3O3/c1-4-16-30(19-24(31)21-32-17-5-2)20-25-26(23-14-10-7-11-15-23)28-33-27(25)29(3)18-22-12-8-6-9-13-22/h5-15,24,31H,2,4,16-21H2,1,3H3/t24-/m1/s1. The Bertz CT molecular complexity index is 959. The van der Waals surface area contributed by atoms with Gasteiger partial charge in [0, 0.05) is 32.2 Å². The summed E-state index contributed by atoms with van der Waals surface area (Å²) < 4.78 is 11.3. The number of aliphatic hydroxyl groups is 1. The lowest BCUT2D eigenvalue weighted by Crippen LogP contribution is -2.35. The van der Waals surface area contributed by atoms with Gasteiger partial charge in [0.05, 0.1) is 24.9 Å². The number of benzene rings is 2. The number of aromatic nitrogens is 1. The summed E-state index contributed by atoms with van der Waals surface area (Å²) in [5, 5.41) is 15.0. The Balaban J connectivity index is 1.86. The molecular formula is C27H35N3O3. The molecule has 6 nitrogen and oxygen atoms in total. The Hall–Kier alpha value is -2.93. The molecule has 6 heteroatoms. The van der Waals surface area contributed by atoms with E-state index in [2.05, 4.69) is 40.6 Å². The average molecular weight is 450 g/mol. The first-order valence-corrected chi connectivity index (χ1v) is 11.5. The predicted octanol–water partition coefficient (Wildman–Crippen LogP) is 4.75. The first-order chi connectivity index (χ1) is 16.1. The van der Waals surface area contributed by atoms with Gasteiger partial charge in [0.15, 0.2) is 0 Å². The minimum atomic E-state index is -0.581. The molecule has 1 atom stereocenters. The molecule has 0 fully saturated rings. The largest absolute Gasteiger partial charge is 0.389 e. The number of nitrogens with zero attached hydrogens (tertiary/aromatic N) is 3. The van der Waals surface area contributed by atoms with Crippen molar-refractivity contribution in [3.05, 3.63) is 84.4 Å². The molecule has 0 saturated heterocycles. The van der Waals surface area contributed by atoms with E-state index in [0.717, 1.165) is 35.7 Å². The molecule has 0 amide bonds. The van der Waals surface area contributed by atoms with Crippen molar-refractivity contribution in [3.63, 3.8) is 0 Å². The number of ether oxygens (including phenoxy) is 1. The fourth-order valence-corrected chi connectivity index (χ4v) is 3.91. The third kappa shape index (κ3) is 7.29. The van der Waals surface area contributed by atoms with E-state index in [1.165, 1.54) is 5.56 Å². The van der Waals surface area contributed by atoms with Crippen LogP contribution in [0.2, 0.25) is 0 Å². The van der Waals surface area contributed by atoms with Crippen LogP contribution in [-0.4, -0.2) is 54.6 Å². The molecule has 0 unspecified atom stereocenters. The lowest BCUT2D eigenvalue weighted by atomic mass is 10.1. The number of hydrogen-bond donors (Lipinski definition) is 1. The zero-order chi connectivity index (χ0) is 23.5. The molecule has 176 valence electrons. The molecule has 1 aromatic heterocycles. The maximum absolute atomic E-state index is 10.5. The highest BCUT2D eigenvalue weighted by atomic mass is 16.5. The van der Waals surface area contributed by atoms with Gasteiger partial charge in [-0.15, -0.1) is 6.58 Å². The van der Waals surface area contributed by atoms with E-state index in [9.17, 15) is 5.11 Å². The van der Waals surface area contributed by atoms with Gasteiger partial charge < -0.3 is 19.3 Å². The molecule has 0 aliphatic carbocycles. The first-order valence-electron chi connectivity index (χ1n) is 11.5. The SMILES string of the molecule is C=CCOC[C@H](O)CN(CCC)Cc1c(-c2ccccc2)noc1N(C)Cc1ccccc1. The lowest BCUT2D eigenvalue weighted by Gasteiger charge is -2.26. The molecule has 0 aliphatic rings. The van der Waals surface area contributed by atoms with E-state index in [-0.39, 0.29) is 6.61 Å². The molecule has 3 rings (SSSR count). The molecule has 0 radical (unpaired) electrons. The summed E-state index contributed by atoms with van der Waals surface area (Å²) in [5.41, 5.74) is 4.07. The van der Waals surface area contributed by atoms with Crippen LogP contribution >= 0.6 is 0 Å². The highest BCUT2D eigenvalue weighted by Crippen LogP contribution is 2.32. The quantitative estimate of drug-likeness (QED) is 0.283. The van der Waals surface area contributed by atoms with Gasteiger partial charge in [-0.05, 0) is 18.5 Å². The summed E-state index contributed by atoms with van der Waals surface area (Å²) in [6.07, 6.45) is 2.08. The van der Waals surface area contributed by atoms with E-state index >= 15 is 0 Å². The number of rotatable bonds is 14. The Morgan fingerprint density at radius 1 is 1.09 bits per heavy atom. The second-order valence-corrected chi connectivity index (χ2v) is 8.24. The fraction of sp³-hybridized carbons (Fsp3) is 0.370. The van der Waals surface area contributed by atoms with Crippen molar-refractivity contribution in [2.24, 2.45) is 0 Å². The molecular weight excluding hydrogens is 414 g/mol. The molecule has 2 aromatic carbocycles. The summed E-state index contributed by atoms with van der Waals surface area (Å²) >= 11 is 0. The second-order valence-electron chi connectivity index (χ2n) is 8.24. The second kappa shape index (κ2) is 12.9. The van der Waals surface area contributed by atoms with Gasteiger partial charge in [-0.25, -0.2) is 0 Å². The molecule has 1 N–H and O–H groups in total. The van der Waals surface area contributed by atoms with E-state index in [4.69, 9.17) is 9.26 Å². The Labute approximate surface area is 197 Å². The van der Waals surface area contributed by atoms with Crippen molar-refractivity contribution >= 4 is 5.88 Å². The van der Waals surface area contributed by atoms with Crippen LogP contribution in [0.4, 0.5) is 5.88 Å². The van der Waals surface area contributed by atoms with Gasteiger partial charge >= 0.3 is 0 Å². The van der Waals surface area contributed by atoms with Crippen LogP contribution in [0.25, 0.3) is 11.3 Å². The topological polar surface area (TPSA) is 62.0 Å². The predicted molar refractivity (Wildman–Crippen MR) is 133 cm³/mol. The molecule has 0 spiro atoms. The van der Waals surface area contributed by atoms with Crippen molar-refractivity contribution in [2.75, 3.05) is 38.3 Å². The van der Waals surface area contributed by atoms with Gasteiger partial charge in [0.25, 0.3) is 0 Å². The lowest BCUT2D eigenvalue weighted by molar-refractivity contribution is 0.0246. The summed E-state index contributed by atoms with van der Waals surface area (Å²) in [4.78, 5) is 4.33. The van der Waals surface area contributed by atoms with E-state index in [1.807, 2.05) is 55.6 Å². The van der Waals surface area contributed by atoms with Gasteiger partial charge in [-0.2, -0.15) is 0 Å². The number of hydrogen-bond acceptors (Lipinski definition) is 6. The van der Waals surface area contributed by atoms with E-state index in [1.54, 1.807) is 6.08 Å². The van der Waals surface area contributed by atoms with E-state index in [0.29, 0.717) is 26.2 Å². The molecule has 0 aliphatic heterocycles. The first kappa shape index (κ1) is 24.7. The van der Waals surface area contributed by atoms with Crippen LogP contribution in [0, 0.1) is 0 Å². The smallest absolute Gasteiger partial charge is 0.232 e. The summed E-state index contributed by atoms with van der Waals surface area (Å²) in [5.74, 6) is 0.746. The average Bonchev–Trinajstić information content (AvgIpc) is 3.24. The molecule has 33 heavy (non-hydrogen) atoms. The zero-order valence-corrected chi connectivity index (χ0v) is 19.7. The van der Waals surface area contributed by atoms with Crippen molar-refractivity contribution in [1.82, 2.24) is 10.1 Å². The van der Waals surface area contributed by atoms with Crippen LogP contribution in [0.15, 0.2) is 77.8 Å². The van der Waals surface area contributed by atoms with Crippen molar-refractivity contribution in [3.8, 4) is 11.3 Å². The molecule has 0 saturated carbocycles. The third-order valence-corrected chi connectivity index (χ3v) is 5.36. The van der Waals surface area contributed by atoms with Crippen LogP contribution in [-0.2, 0) is 17.8 Å². The monoisotopic (exact) mass is 449 g/mol. The molecule has 1 heterocycles. The minimum Gasteiger partial charge on any atom is -0.389 e. The summed E-state index contributed by atoms with van der Waals surface area (Å²) in [6, 6.07) is 20.4. The zero-order valence-electron chi connectivity index (χ0n) is 19.7. The number of anilines is 1. The highest BCUT2D eigenvalue weighted by Gasteiger charge is 2.24. The van der Waals surface area contributed by atoms with Crippen LogP contribution in [0.1, 0.15) is 24.5 Å². The Morgan fingerprint density at radius 3 is 2.45 bits per heavy atom. The van der Waals surface area contributed by atoms with Crippen LogP contribution in [0.3, 0.4) is 0 Å². The van der Waals surface area contributed by atoms with Crippen LogP contribution < -0.4 is 4.90 Å². The van der Waals surface area contributed by atoms with Crippen molar-refractivity contribution in [1.29, 1.82) is 0 Å². The Kier molecular flexibility index (Phi) is 9.69. The van der Waals surface area contributed by atoms with Gasteiger partial charge in [0.2, 0.25) is 5.88 Å². The maximum Gasteiger partial charge on any atom is 0.232 e. The molecule has 3 aromatic rings. The van der Waals surface area contributed by atoms with Crippen molar-refractivity contribution < 1.29 is 14.4 Å². The normalized spacial score (nSPS) is 12.1. The summed E-state index contributed by atoms with van der Waals surface area (Å²) in [7, 11) is 2.02. The maximum atomic E-state index is 10.5. The fourth-order valence-electron chi connectivity index (χ4n) is 3.91. The van der Waals surface area contributed by atoms with Gasteiger partial charge in [-0.1, -0.05) is 78.8 Å². The van der Waals surface area contributed by atoms with Crippen LogP contribution in [0.5, 0.6) is 0 Å². The summed E-state index contributed by atoms with van der Waals surface area (Å²) in [6.45, 7) is 9.19. The highest BCUT2D eigenvalue weighted by molar-refractivity contribution is 5.68. The number of aliphatic hydroxyl groups excluding tert-OH is 1.